The molecule has 1 unspecified atom stereocenters. The normalized spacial score (nSPS) is 21.7. The van der Waals surface area contributed by atoms with E-state index < -0.39 is 5.60 Å². The van der Waals surface area contributed by atoms with Gasteiger partial charge in [-0.25, -0.2) is 9.50 Å². The van der Waals surface area contributed by atoms with Crippen molar-refractivity contribution in [2.75, 3.05) is 33.7 Å². The lowest BCUT2D eigenvalue weighted by Crippen LogP contribution is -2.54. The zero-order chi connectivity index (χ0) is 17.5. The summed E-state index contributed by atoms with van der Waals surface area (Å²) in [6.07, 6.45) is 4.89. The van der Waals surface area contributed by atoms with Crippen LogP contribution in [0.4, 0.5) is 0 Å². The number of amides is 1. The fourth-order valence-electron chi connectivity index (χ4n) is 3.29. The summed E-state index contributed by atoms with van der Waals surface area (Å²) in [7, 11) is 3.82. The molecule has 1 atom stereocenters. The molecule has 1 aliphatic heterocycles. The molecule has 2 aromatic heterocycles. The maximum absolute atomic E-state index is 12.9. The molecule has 24 heavy (non-hydrogen) atoms. The summed E-state index contributed by atoms with van der Waals surface area (Å²) in [5.41, 5.74) is 0.673. The molecule has 3 rings (SSSR count). The Bertz CT molecular complexity index is 775. The van der Waals surface area contributed by atoms with Gasteiger partial charge in [-0.1, -0.05) is 11.6 Å². The molecular formula is C16H22ClN5O2. The van der Waals surface area contributed by atoms with Gasteiger partial charge in [-0.15, -0.1) is 0 Å². The number of aryl methyl sites for hydroxylation is 1. The Hall–Kier alpha value is -1.70. The van der Waals surface area contributed by atoms with Crippen LogP contribution in [-0.2, 0) is 0 Å². The molecule has 130 valence electrons. The van der Waals surface area contributed by atoms with E-state index in [9.17, 15) is 9.90 Å². The monoisotopic (exact) mass is 351 g/mol. The number of aromatic nitrogens is 3. The van der Waals surface area contributed by atoms with Gasteiger partial charge in [0.15, 0.2) is 11.3 Å². The highest BCUT2D eigenvalue weighted by Gasteiger charge is 2.37. The van der Waals surface area contributed by atoms with Gasteiger partial charge in [0.05, 0.1) is 12.1 Å². The number of nitrogens with zero attached hydrogens (tertiary/aromatic N) is 5. The fraction of sp³-hybridized carbons (Fsp3) is 0.562. The van der Waals surface area contributed by atoms with Crippen LogP contribution in [0.15, 0.2) is 12.4 Å². The van der Waals surface area contributed by atoms with E-state index in [2.05, 4.69) is 10.1 Å². The smallest absolute Gasteiger partial charge is 0.276 e. The van der Waals surface area contributed by atoms with E-state index in [0.29, 0.717) is 25.2 Å². The van der Waals surface area contributed by atoms with Crippen LogP contribution < -0.4 is 0 Å². The van der Waals surface area contributed by atoms with Crippen LogP contribution in [-0.4, -0.2) is 74.7 Å². The third kappa shape index (κ3) is 3.24. The number of fused-ring (bicyclic) bond motifs is 1. The highest BCUT2D eigenvalue weighted by molar-refractivity contribution is 6.36. The van der Waals surface area contributed by atoms with E-state index >= 15 is 0 Å². The van der Waals surface area contributed by atoms with Crippen LogP contribution >= 0.6 is 11.6 Å². The first kappa shape index (κ1) is 17.1. The van der Waals surface area contributed by atoms with Gasteiger partial charge >= 0.3 is 0 Å². The average Bonchev–Trinajstić information content (AvgIpc) is 2.81. The molecule has 0 aromatic carbocycles. The second-order valence-corrected chi connectivity index (χ2v) is 7.23. The molecule has 0 saturated carbocycles. The first-order valence-electron chi connectivity index (χ1n) is 7.96. The summed E-state index contributed by atoms with van der Waals surface area (Å²) in [6, 6.07) is 0. The van der Waals surface area contributed by atoms with Gasteiger partial charge in [0.2, 0.25) is 0 Å². The number of carbonyl (C=O) groups excluding carboxylic acids is 1. The van der Waals surface area contributed by atoms with Gasteiger partial charge in [-0.3, -0.25) is 4.79 Å². The van der Waals surface area contributed by atoms with E-state index in [1.54, 1.807) is 17.3 Å². The minimum atomic E-state index is -0.905. The number of aliphatic hydroxyl groups is 1. The lowest BCUT2D eigenvalue weighted by atomic mass is 9.92. The zero-order valence-corrected chi connectivity index (χ0v) is 14.9. The number of β-amino-alcohol motifs (C(OH)–C–C–N with tert-alkyl or cyclic N) is 1. The van der Waals surface area contributed by atoms with Crippen molar-refractivity contribution in [3.63, 3.8) is 0 Å². The summed E-state index contributed by atoms with van der Waals surface area (Å²) in [5, 5.41) is 15.3. The van der Waals surface area contributed by atoms with Crippen LogP contribution in [0.2, 0.25) is 5.02 Å². The Balaban J connectivity index is 1.87. The van der Waals surface area contributed by atoms with Crippen molar-refractivity contribution in [3.8, 4) is 0 Å². The highest BCUT2D eigenvalue weighted by Crippen LogP contribution is 2.26. The van der Waals surface area contributed by atoms with Crippen LogP contribution in [0.3, 0.4) is 0 Å². The second kappa shape index (κ2) is 6.31. The van der Waals surface area contributed by atoms with Crippen molar-refractivity contribution >= 4 is 23.2 Å². The minimum absolute atomic E-state index is 0.184. The lowest BCUT2D eigenvalue weighted by molar-refractivity contribution is -0.0392. The van der Waals surface area contributed by atoms with E-state index in [0.717, 1.165) is 12.0 Å². The van der Waals surface area contributed by atoms with Crippen molar-refractivity contribution in [2.45, 2.75) is 25.4 Å². The maximum atomic E-state index is 12.9. The topological polar surface area (TPSA) is 74.0 Å². The molecule has 1 aliphatic rings. The number of carbonyl (C=O) groups is 1. The molecule has 3 heterocycles. The number of likely N-dealkylation sites (tertiary alicyclic amines) is 1. The summed E-state index contributed by atoms with van der Waals surface area (Å²) in [6.45, 7) is 3.28. The first-order valence-corrected chi connectivity index (χ1v) is 8.34. The fourth-order valence-corrected chi connectivity index (χ4v) is 3.54. The van der Waals surface area contributed by atoms with Crippen molar-refractivity contribution in [3.05, 3.63) is 28.7 Å². The molecule has 1 amide bonds. The van der Waals surface area contributed by atoms with Crippen LogP contribution in [0.5, 0.6) is 0 Å². The minimum Gasteiger partial charge on any atom is -0.387 e. The predicted molar refractivity (Wildman–Crippen MR) is 91.4 cm³/mol. The standard InChI is InChI=1S/C16H22ClN5O2/c1-11-7-18-14-12(17)13(19-22(14)8-11)15(23)21-6-4-5-16(24,10-21)9-20(2)3/h7-8,24H,4-6,9-10H2,1-3H3. The molecule has 0 aliphatic carbocycles. The maximum Gasteiger partial charge on any atom is 0.276 e. The number of likely N-dealkylation sites (N-methyl/N-ethyl adjacent to an activating group) is 1. The van der Waals surface area contributed by atoms with Gasteiger partial charge in [-0.2, -0.15) is 5.10 Å². The summed E-state index contributed by atoms with van der Waals surface area (Å²) in [4.78, 5) is 20.7. The number of hydrogen-bond acceptors (Lipinski definition) is 5. The van der Waals surface area contributed by atoms with E-state index in [1.807, 2.05) is 25.9 Å². The number of hydrogen-bond donors (Lipinski definition) is 1. The highest BCUT2D eigenvalue weighted by atomic mass is 35.5. The number of halogens is 1. The van der Waals surface area contributed by atoms with Crippen molar-refractivity contribution < 1.29 is 9.90 Å². The van der Waals surface area contributed by atoms with Crippen LogP contribution in [0, 0.1) is 6.92 Å². The SMILES string of the molecule is Cc1cnc2c(Cl)c(C(=O)N3CCCC(O)(CN(C)C)C3)nn2c1. The van der Waals surface area contributed by atoms with Crippen molar-refractivity contribution in [2.24, 2.45) is 0 Å². The molecular weight excluding hydrogens is 330 g/mol. The summed E-state index contributed by atoms with van der Waals surface area (Å²) in [5.74, 6) is -0.264. The third-order valence-corrected chi connectivity index (χ3v) is 4.55. The van der Waals surface area contributed by atoms with Crippen molar-refractivity contribution in [1.82, 2.24) is 24.4 Å². The van der Waals surface area contributed by atoms with Gasteiger partial charge in [-0.05, 0) is 39.4 Å². The van der Waals surface area contributed by atoms with Gasteiger partial charge < -0.3 is 14.9 Å². The molecule has 1 fully saturated rings. The Morgan fingerprint density at radius 3 is 2.96 bits per heavy atom. The molecule has 7 nitrogen and oxygen atoms in total. The van der Waals surface area contributed by atoms with Gasteiger partial charge in [0.1, 0.15) is 5.02 Å². The Kier molecular flexibility index (Phi) is 4.50. The van der Waals surface area contributed by atoms with E-state index in [1.165, 1.54) is 4.52 Å². The zero-order valence-electron chi connectivity index (χ0n) is 14.2. The number of rotatable bonds is 3. The predicted octanol–water partition coefficient (Wildman–Crippen LogP) is 1.22. The molecule has 1 N–H and O–H groups in total. The summed E-state index contributed by atoms with van der Waals surface area (Å²) >= 11 is 6.31. The lowest BCUT2D eigenvalue weighted by Gasteiger charge is -2.40. The van der Waals surface area contributed by atoms with E-state index in [-0.39, 0.29) is 23.2 Å². The Morgan fingerprint density at radius 2 is 2.25 bits per heavy atom. The van der Waals surface area contributed by atoms with Crippen molar-refractivity contribution in [1.29, 1.82) is 0 Å². The van der Waals surface area contributed by atoms with Crippen LogP contribution in [0.1, 0.15) is 28.9 Å². The van der Waals surface area contributed by atoms with Crippen LogP contribution in [0.25, 0.3) is 5.65 Å². The Morgan fingerprint density at radius 1 is 1.50 bits per heavy atom. The van der Waals surface area contributed by atoms with Gasteiger partial charge in [0, 0.05) is 25.5 Å². The molecule has 0 radical (unpaired) electrons. The third-order valence-electron chi connectivity index (χ3n) is 4.20. The van der Waals surface area contributed by atoms with E-state index in [4.69, 9.17) is 11.6 Å². The molecule has 8 heteroatoms. The molecule has 2 aromatic rings. The largest absolute Gasteiger partial charge is 0.387 e. The quantitative estimate of drug-likeness (QED) is 0.900. The first-order chi connectivity index (χ1) is 11.3. The van der Waals surface area contributed by atoms with Gasteiger partial charge in [0.25, 0.3) is 5.91 Å². The summed E-state index contributed by atoms with van der Waals surface area (Å²) < 4.78 is 1.53. The average molecular weight is 352 g/mol. The number of piperidine rings is 1. The molecule has 0 spiro atoms. The molecule has 0 bridgehead atoms. The second-order valence-electron chi connectivity index (χ2n) is 6.85. The Labute approximate surface area is 145 Å². The molecule has 1 saturated heterocycles.